The Kier molecular flexibility index (Phi) is 9.49. The highest BCUT2D eigenvalue weighted by Gasteiger charge is 1.95. The van der Waals surface area contributed by atoms with E-state index in [1.54, 1.807) is 0 Å². The molecule has 0 amide bonds. The van der Waals surface area contributed by atoms with Gasteiger partial charge in [0.15, 0.2) is 0 Å². The Morgan fingerprint density at radius 1 is 0.714 bits per heavy atom. The molecular weight excluding hydrogens is 170 g/mol. The molecule has 0 unspecified atom stereocenters. The lowest BCUT2D eigenvalue weighted by Crippen LogP contribution is -2.17. The summed E-state index contributed by atoms with van der Waals surface area (Å²) in [5.41, 5.74) is 0. The van der Waals surface area contributed by atoms with E-state index in [1.807, 2.05) is 0 Å². The van der Waals surface area contributed by atoms with E-state index in [-0.39, 0.29) is 0 Å². The molecule has 14 heavy (non-hydrogen) atoms. The van der Waals surface area contributed by atoms with Crippen LogP contribution in [0.2, 0.25) is 0 Å². The first kappa shape index (κ1) is 14.0. The maximum atomic E-state index is 3.51. The molecule has 0 aliphatic carbocycles. The summed E-state index contributed by atoms with van der Waals surface area (Å²) in [6, 6.07) is 0. The molecule has 0 radical (unpaired) electrons. The van der Waals surface area contributed by atoms with E-state index in [0.717, 1.165) is 11.8 Å². The van der Waals surface area contributed by atoms with E-state index in [4.69, 9.17) is 0 Å². The molecule has 0 aromatic rings. The maximum absolute atomic E-state index is 3.51. The van der Waals surface area contributed by atoms with Gasteiger partial charge in [0, 0.05) is 0 Å². The molecular formula is C13H29N. The van der Waals surface area contributed by atoms with Crippen LogP contribution in [0.1, 0.15) is 59.8 Å². The molecule has 0 saturated heterocycles. The Hall–Kier alpha value is -0.0400. The van der Waals surface area contributed by atoms with Gasteiger partial charge in [-0.1, -0.05) is 40.5 Å². The second-order valence-electron chi connectivity index (χ2n) is 5.18. The van der Waals surface area contributed by atoms with Gasteiger partial charge >= 0.3 is 0 Å². The van der Waals surface area contributed by atoms with Crippen LogP contribution in [0.5, 0.6) is 0 Å². The van der Waals surface area contributed by atoms with Gasteiger partial charge < -0.3 is 5.32 Å². The zero-order valence-electron chi connectivity index (χ0n) is 10.6. The van der Waals surface area contributed by atoms with Gasteiger partial charge in [0.25, 0.3) is 0 Å². The smallest absolute Gasteiger partial charge is 0.00488 e. The molecule has 0 saturated carbocycles. The third-order valence-electron chi connectivity index (χ3n) is 2.52. The van der Waals surface area contributed by atoms with Gasteiger partial charge in [0.05, 0.1) is 0 Å². The Morgan fingerprint density at radius 3 is 1.79 bits per heavy atom. The molecule has 0 atom stereocenters. The molecule has 0 rings (SSSR count). The summed E-state index contributed by atoms with van der Waals surface area (Å²) in [5, 5.41) is 3.51. The standard InChI is InChI=1S/C13H29N/c1-12(2)8-5-6-10-14-11-7-9-13(3)4/h12-14H,5-11H2,1-4H3. The second kappa shape index (κ2) is 9.51. The van der Waals surface area contributed by atoms with Crippen LogP contribution in [0.15, 0.2) is 0 Å². The molecule has 1 N–H and O–H groups in total. The van der Waals surface area contributed by atoms with Gasteiger partial charge in [-0.3, -0.25) is 0 Å². The number of nitrogens with one attached hydrogen (secondary N) is 1. The first-order valence-corrected chi connectivity index (χ1v) is 6.33. The molecule has 1 nitrogen and oxygen atoms in total. The van der Waals surface area contributed by atoms with Crippen molar-refractivity contribution in [2.75, 3.05) is 13.1 Å². The molecule has 0 bridgehead atoms. The topological polar surface area (TPSA) is 12.0 Å². The first-order valence-electron chi connectivity index (χ1n) is 6.33. The van der Waals surface area contributed by atoms with Crippen LogP contribution >= 0.6 is 0 Å². The Morgan fingerprint density at radius 2 is 1.21 bits per heavy atom. The van der Waals surface area contributed by atoms with Gasteiger partial charge in [-0.15, -0.1) is 0 Å². The normalized spacial score (nSPS) is 11.6. The van der Waals surface area contributed by atoms with Gasteiger partial charge in [0.1, 0.15) is 0 Å². The lowest BCUT2D eigenvalue weighted by atomic mass is 10.1. The van der Waals surface area contributed by atoms with Gasteiger partial charge in [-0.2, -0.15) is 0 Å². The van der Waals surface area contributed by atoms with E-state index < -0.39 is 0 Å². The molecule has 0 heterocycles. The molecule has 0 aliphatic rings. The summed E-state index contributed by atoms with van der Waals surface area (Å²) in [6.45, 7) is 11.6. The summed E-state index contributed by atoms with van der Waals surface area (Å²) in [6.07, 6.45) is 6.81. The molecule has 0 spiro atoms. The molecule has 1 heteroatoms. The predicted molar refractivity (Wildman–Crippen MR) is 65.6 cm³/mol. The van der Waals surface area contributed by atoms with Crippen molar-refractivity contribution in [1.29, 1.82) is 0 Å². The highest BCUT2D eigenvalue weighted by molar-refractivity contribution is 4.53. The van der Waals surface area contributed by atoms with Crippen molar-refractivity contribution < 1.29 is 0 Å². The van der Waals surface area contributed by atoms with Crippen molar-refractivity contribution in [1.82, 2.24) is 5.32 Å². The van der Waals surface area contributed by atoms with Crippen LogP contribution in [0.25, 0.3) is 0 Å². The van der Waals surface area contributed by atoms with Crippen LogP contribution < -0.4 is 5.32 Å². The number of hydrogen-bond acceptors (Lipinski definition) is 1. The summed E-state index contributed by atoms with van der Waals surface area (Å²) >= 11 is 0. The number of hydrogen-bond donors (Lipinski definition) is 1. The average Bonchev–Trinajstić information content (AvgIpc) is 2.08. The number of unbranched alkanes of at least 4 members (excludes halogenated alkanes) is 1. The summed E-state index contributed by atoms with van der Waals surface area (Å²) in [4.78, 5) is 0. The first-order chi connectivity index (χ1) is 6.63. The predicted octanol–water partition coefficient (Wildman–Crippen LogP) is 3.84. The van der Waals surface area contributed by atoms with Crippen molar-refractivity contribution in [2.45, 2.75) is 59.8 Å². The monoisotopic (exact) mass is 199 g/mol. The van der Waals surface area contributed by atoms with E-state index >= 15 is 0 Å². The van der Waals surface area contributed by atoms with Crippen molar-refractivity contribution >= 4 is 0 Å². The molecule has 0 aliphatic heterocycles. The number of rotatable bonds is 9. The van der Waals surface area contributed by atoms with E-state index in [0.29, 0.717) is 0 Å². The summed E-state index contributed by atoms with van der Waals surface area (Å²) < 4.78 is 0. The third-order valence-corrected chi connectivity index (χ3v) is 2.52. The van der Waals surface area contributed by atoms with Crippen molar-refractivity contribution in [3.8, 4) is 0 Å². The van der Waals surface area contributed by atoms with Crippen molar-refractivity contribution in [2.24, 2.45) is 11.8 Å². The van der Waals surface area contributed by atoms with Crippen LogP contribution in [0.3, 0.4) is 0 Å². The maximum Gasteiger partial charge on any atom is -0.00488 e. The van der Waals surface area contributed by atoms with E-state index in [2.05, 4.69) is 33.0 Å². The fourth-order valence-corrected chi connectivity index (χ4v) is 1.56. The minimum atomic E-state index is 0.859. The fraction of sp³-hybridized carbons (Fsp3) is 1.00. The van der Waals surface area contributed by atoms with Crippen LogP contribution in [-0.4, -0.2) is 13.1 Å². The lowest BCUT2D eigenvalue weighted by Gasteiger charge is -2.07. The molecule has 0 aromatic carbocycles. The highest BCUT2D eigenvalue weighted by atomic mass is 14.8. The third kappa shape index (κ3) is 12.0. The van der Waals surface area contributed by atoms with E-state index in [1.165, 1.54) is 45.2 Å². The van der Waals surface area contributed by atoms with Crippen LogP contribution in [0.4, 0.5) is 0 Å². The van der Waals surface area contributed by atoms with Crippen molar-refractivity contribution in [3.05, 3.63) is 0 Å². The Bertz CT molecular complexity index is 93.8. The zero-order valence-corrected chi connectivity index (χ0v) is 10.6. The quantitative estimate of drug-likeness (QED) is 0.556. The van der Waals surface area contributed by atoms with Crippen molar-refractivity contribution in [3.63, 3.8) is 0 Å². The van der Waals surface area contributed by atoms with E-state index in [9.17, 15) is 0 Å². The molecule has 0 fully saturated rings. The Labute approximate surface area is 90.7 Å². The SMILES string of the molecule is CC(C)CCCCNCCCC(C)C. The van der Waals surface area contributed by atoms with Gasteiger partial charge in [-0.05, 0) is 44.2 Å². The second-order valence-corrected chi connectivity index (χ2v) is 5.18. The Balaban J connectivity index is 2.92. The van der Waals surface area contributed by atoms with Crippen LogP contribution in [0, 0.1) is 11.8 Å². The minimum absolute atomic E-state index is 0.859. The highest BCUT2D eigenvalue weighted by Crippen LogP contribution is 2.05. The zero-order chi connectivity index (χ0) is 10.8. The van der Waals surface area contributed by atoms with Crippen LogP contribution in [-0.2, 0) is 0 Å². The van der Waals surface area contributed by atoms with Gasteiger partial charge in [0.2, 0.25) is 0 Å². The summed E-state index contributed by atoms with van der Waals surface area (Å²) in [5.74, 6) is 1.73. The summed E-state index contributed by atoms with van der Waals surface area (Å²) in [7, 11) is 0. The molecule has 86 valence electrons. The largest absolute Gasteiger partial charge is 0.317 e. The minimum Gasteiger partial charge on any atom is -0.317 e. The van der Waals surface area contributed by atoms with Gasteiger partial charge in [-0.25, -0.2) is 0 Å². The lowest BCUT2D eigenvalue weighted by molar-refractivity contribution is 0.499. The fourth-order valence-electron chi connectivity index (χ4n) is 1.56. The average molecular weight is 199 g/mol. The molecule has 0 aromatic heterocycles.